The second-order valence-corrected chi connectivity index (χ2v) is 5.39. The van der Waals surface area contributed by atoms with E-state index in [0.717, 1.165) is 24.6 Å². The van der Waals surface area contributed by atoms with Gasteiger partial charge in [0.25, 0.3) is 0 Å². The molecule has 4 heteroatoms. The molecule has 1 aromatic heterocycles. The van der Waals surface area contributed by atoms with Crippen molar-refractivity contribution in [1.29, 1.82) is 0 Å². The molecule has 0 bridgehead atoms. The van der Waals surface area contributed by atoms with Gasteiger partial charge in [-0.3, -0.25) is 4.68 Å². The van der Waals surface area contributed by atoms with Gasteiger partial charge in [-0.15, -0.1) is 0 Å². The summed E-state index contributed by atoms with van der Waals surface area (Å²) in [5.74, 6) is 1.98. The number of likely N-dealkylation sites (N-methyl/N-ethyl adjacent to an activating group) is 1. The molecule has 92 valence electrons. The van der Waals surface area contributed by atoms with Crippen LogP contribution in [-0.2, 0) is 18.9 Å². The van der Waals surface area contributed by atoms with E-state index < -0.39 is 0 Å². The van der Waals surface area contributed by atoms with Crippen LogP contribution in [0.3, 0.4) is 0 Å². The van der Waals surface area contributed by atoms with Crippen LogP contribution in [0.5, 0.6) is 0 Å². The SMILES string of the molecule is CCNC(C)Cc1nc(C(C)(C)C)nn1C. The quantitative estimate of drug-likeness (QED) is 0.845. The minimum atomic E-state index is 0.0252. The smallest absolute Gasteiger partial charge is 0.156 e. The molecular formula is C12H24N4. The van der Waals surface area contributed by atoms with E-state index in [9.17, 15) is 0 Å². The molecule has 0 fully saturated rings. The van der Waals surface area contributed by atoms with E-state index in [1.54, 1.807) is 0 Å². The van der Waals surface area contributed by atoms with Crippen molar-refractivity contribution in [3.8, 4) is 0 Å². The lowest BCUT2D eigenvalue weighted by atomic mass is 9.96. The minimum absolute atomic E-state index is 0.0252. The van der Waals surface area contributed by atoms with Gasteiger partial charge < -0.3 is 5.32 Å². The highest BCUT2D eigenvalue weighted by Crippen LogP contribution is 2.18. The van der Waals surface area contributed by atoms with Gasteiger partial charge in [-0.2, -0.15) is 5.10 Å². The van der Waals surface area contributed by atoms with Gasteiger partial charge in [-0.1, -0.05) is 27.7 Å². The van der Waals surface area contributed by atoms with Crippen molar-refractivity contribution in [1.82, 2.24) is 20.1 Å². The zero-order chi connectivity index (χ0) is 12.3. The van der Waals surface area contributed by atoms with Crippen LogP contribution in [0.4, 0.5) is 0 Å². The third kappa shape index (κ3) is 3.30. The second-order valence-electron chi connectivity index (χ2n) is 5.39. The molecule has 4 nitrogen and oxygen atoms in total. The maximum atomic E-state index is 4.62. The summed E-state index contributed by atoms with van der Waals surface area (Å²) in [5, 5.41) is 7.86. The topological polar surface area (TPSA) is 42.7 Å². The maximum absolute atomic E-state index is 4.62. The Bertz CT molecular complexity index is 335. The maximum Gasteiger partial charge on any atom is 0.156 e. The van der Waals surface area contributed by atoms with Crippen LogP contribution in [0.15, 0.2) is 0 Å². The molecule has 16 heavy (non-hydrogen) atoms. The standard InChI is InChI=1S/C12H24N4/c1-7-13-9(2)8-10-14-11(12(3,4)5)15-16(10)6/h9,13H,7-8H2,1-6H3. The summed E-state index contributed by atoms with van der Waals surface area (Å²) in [6.45, 7) is 11.7. The molecular weight excluding hydrogens is 200 g/mol. The van der Waals surface area contributed by atoms with Crippen LogP contribution < -0.4 is 5.32 Å². The molecule has 0 aliphatic carbocycles. The molecule has 0 saturated carbocycles. The predicted octanol–water partition coefficient (Wildman–Crippen LogP) is 1.65. The molecule has 0 aromatic carbocycles. The molecule has 1 aromatic rings. The number of hydrogen-bond donors (Lipinski definition) is 1. The van der Waals surface area contributed by atoms with Crippen molar-refractivity contribution < 1.29 is 0 Å². The first-order valence-electron chi connectivity index (χ1n) is 5.98. The lowest BCUT2D eigenvalue weighted by molar-refractivity contribution is 0.534. The monoisotopic (exact) mass is 224 g/mol. The summed E-state index contributed by atoms with van der Waals surface area (Å²) < 4.78 is 1.90. The Morgan fingerprint density at radius 1 is 1.38 bits per heavy atom. The normalized spacial score (nSPS) is 14.1. The van der Waals surface area contributed by atoms with Gasteiger partial charge in [0.15, 0.2) is 5.82 Å². The van der Waals surface area contributed by atoms with Crippen molar-refractivity contribution in [2.24, 2.45) is 7.05 Å². The fraction of sp³-hybridized carbons (Fsp3) is 0.833. The van der Waals surface area contributed by atoms with Crippen LogP contribution in [0.1, 0.15) is 46.3 Å². The molecule has 1 rings (SSSR count). The van der Waals surface area contributed by atoms with Crippen LogP contribution in [0, 0.1) is 0 Å². The number of rotatable bonds is 4. The van der Waals surface area contributed by atoms with E-state index in [0.29, 0.717) is 6.04 Å². The Morgan fingerprint density at radius 3 is 2.44 bits per heavy atom. The lowest BCUT2D eigenvalue weighted by Crippen LogP contribution is -2.28. The molecule has 1 unspecified atom stereocenters. The fourth-order valence-electron chi connectivity index (χ4n) is 1.61. The Morgan fingerprint density at radius 2 is 2.00 bits per heavy atom. The summed E-state index contributed by atoms with van der Waals surface area (Å²) in [4.78, 5) is 4.62. The molecule has 0 saturated heterocycles. The van der Waals surface area contributed by atoms with Crippen molar-refractivity contribution in [2.45, 2.75) is 52.5 Å². The third-order valence-corrected chi connectivity index (χ3v) is 2.57. The summed E-state index contributed by atoms with van der Waals surface area (Å²) in [5.41, 5.74) is 0.0252. The van der Waals surface area contributed by atoms with E-state index in [2.05, 4.69) is 50.0 Å². The van der Waals surface area contributed by atoms with Gasteiger partial charge in [0.2, 0.25) is 0 Å². The van der Waals surface area contributed by atoms with Crippen molar-refractivity contribution in [3.05, 3.63) is 11.6 Å². The highest BCUT2D eigenvalue weighted by molar-refractivity contribution is 5.04. The Kier molecular flexibility index (Phi) is 4.08. The first-order chi connectivity index (χ1) is 7.34. The number of aryl methyl sites for hydroxylation is 1. The van der Waals surface area contributed by atoms with Gasteiger partial charge in [0.1, 0.15) is 5.82 Å². The second kappa shape index (κ2) is 4.95. The fourth-order valence-corrected chi connectivity index (χ4v) is 1.61. The zero-order valence-electron chi connectivity index (χ0n) is 11.3. The molecule has 0 radical (unpaired) electrons. The summed E-state index contributed by atoms with van der Waals surface area (Å²) >= 11 is 0. The summed E-state index contributed by atoms with van der Waals surface area (Å²) in [6.07, 6.45) is 0.924. The molecule has 1 atom stereocenters. The predicted molar refractivity (Wildman–Crippen MR) is 66.5 cm³/mol. The van der Waals surface area contributed by atoms with Crippen molar-refractivity contribution in [2.75, 3.05) is 6.54 Å². The average molecular weight is 224 g/mol. The van der Waals surface area contributed by atoms with Gasteiger partial charge >= 0.3 is 0 Å². The zero-order valence-corrected chi connectivity index (χ0v) is 11.3. The van der Waals surface area contributed by atoms with E-state index in [-0.39, 0.29) is 5.41 Å². The van der Waals surface area contributed by atoms with Crippen LogP contribution in [0.2, 0.25) is 0 Å². The molecule has 0 aliphatic rings. The number of nitrogens with zero attached hydrogens (tertiary/aromatic N) is 3. The molecule has 0 aliphatic heterocycles. The average Bonchev–Trinajstić information content (AvgIpc) is 2.47. The van der Waals surface area contributed by atoms with Crippen LogP contribution in [0.25, 0.3) is 0 Å². The highest BCUT2D eigenvalue weighted by atomic mass is 15.3. The molecule has 0 spiro atoms. The lowest BCUT2D eigenvalue weighted by Gasteiger charge is -2.12. The number of nitrogens with one attached hydrogen (secondary N) is 1. The first-order valence-corrected chi connectivity index (χ1v) is 5.98. The summed E-state index contributed by atoms with van der Waals surface area (Å²) in [6, 6.07) is 0.445. The molecule has 1 heterocycles. The molecule has 1 N–H and O–H groups in total. The molecule has 0 amide bonds. The Hall–Kier alpha value is -0.900. The van der Waals surface area contributed by atoms with E-state index in [1.807, 2.05) is 11.7 Å². The van der Waals surface area contributed by atoms with Gasteiger partial charge in [-0.25, -0.2) is 4.98 Å². The van der Waals surface area contributed by atoms with Crippen molar-refractivity contribution in [3.63, 3.8) is 0 Å². The third-order valence-electron chi connectivity index (χ3n) is 2.57. The van der Waals surface area contributed by atoms with E-state index in [4.69, 9.17) is 0 Å². The minimum Gasteiger partial charge on any atom is -0.314 e. The van der Waals surface area contributed by atoms with Gasteiger partial charge in [-0.05, 0) is 13.5 Å². The Balaban J connectivity index is 2.78. The number of hydrogen-bond acceptors (Lipinski definition) is 3. The largest absolute Gasteiger partial charge is 0.314 e. The summed E-state index contributed by atoms with van der Waals surface area (Å²) in [7, 11) is 1.97. The highest BCUT2D eigenvalue weighted by Gasteiger charge is 2.21. The van der Waals surface area contributed by atoms with E-state index in [1.165, 1.54) is 0 Å². The van der Waals surface area contributed by atoms with Crippen molar-refractivity contribution >= 4 is 0 Å². The first kappa shape index (κ1) is 13.2. The van der Waals surface area contributed by atoms with E-state index >= 15 is 0 Å². The van der Waals surface area contributed by atoms with Gasteiger partial charge in [0, 0.05) is 24.9 Å². The number of aromatic nitrogens is 3. The van der Waals surface area contributed by atoms with Crippen LogP contribution >= 0.6 is 0 Å². The van der Waals surface area contributed by atoms with Crippen LogP contribution in [-0.4, -0.2) is 27.4 Å². The Labute approximate surface area is 98.5 Å². The van der Waals surface area contributed by atoms with Gasteiger partial charge in [0.05, 0.1) is 0 Å².